The summed E-state index contributed by atoms with van der Waals surface area (Å²) in [6.07, 6.45) is 5.35. The van der Waals surface area contributed by atoms with Crippen molar-refractivity contribution in [3.63, 3.8) is 0 Å². The monoisotopic (exact) mass is 288 g/mol. The van der Waals surface area contributed by atoms with E-state index in [0.29, 0.717) is 5.92 Å². The van der Waals surface area contributed by atoms with Crippen LogP contribution in [0.5, 0.6) is 0 Å². The van der Waals surface area contributed by atoms with Gasteiger partial charge in [0.1, 0.15) is 0 Å². The summed E-state index contributed by atoms with van der Waals surface area (Å²) in [7, 11) is 0. The molecule has 1 saturated heterocycles. The van der Waals surface area contributed by atoms with Crippen LogP contribution in [0.15, 0.2) is 18.2 Å². The van der Waals surface area contributed by atoms with E-state index in [-0.39, 0.29) is 0 Å². The Balaban J connectivity index is 2.03. The first-order valence-corrected chi connectivity index (χ1v) is 8.68. The minimum atomic E-state index is 0.711. The lowest BCUT2D eigenvalue weighted by molar-refractivity contribution is 0.450. The molecular formula is C19H32N2. The molecule has 2 rings (SSSR count). The Morgan fingerprint density at radius 2 is 2.10 bits per heavy atom. The highest BCUT2D eigenvalue weighted by molar-refractivity contribution is 5.52. The zero-order valence-electron chi connectivity index (χ0n) is 14.3. The molecule has 0 spiro atoms. The molecular weight excluding hydrogens is 256 g/mol. The molecule has 0 aromatic heterocycles. The molecule has 2 heteroatoms. The van der Waals surface area contributed by atoms with E-state index in [9.17, 15) is 0 Å². The molecule has 1 atom stereocenters. The second-order valence-electron chi connectivity index (χ2n) is 6.89. The van der Waals surface area contributed by atoms with Crippen LogP contribution >= 0.6 is 0 Å². The number of rotatable bonds is 6. The molecule has 21 heavy (non-hydrogen) atoms. The van der Waals surface area contributed by atoms with E-state index >= 15 is 0 Å². The third kappa shape index (κ3) is 4.47. The fraction of sp³-hybridized carbons (Fsp3) is 0.684. The topological polar surface area (TPSA) is 15.3 Å². The third-order valence-corrected chi connectivity index (χ3v) is 4.62. The molecule has 1 fully saturated rings. The Hall–Kier alpha value is -1.02. The molecule has 2 nitrogen and oxygen atoms in total. The smallest absolute Gasteiger partial charge is 0.0371 e. The fourth-order valence-corrected chi connectivity index (χ4v) is 3.32. The Labute approximate surface area is 130 Å². The van der Waals surface area contributed by atoms with Gasteiger partial charge in [0.05, 0.1) is 0 Å². The lowest BCUT2D eigenvalue weighted by atomic mass is 9.98. The van der Waals surface area contributed by atoms with Crippen LogP contribution in [-0.2, 0) is 6.54 Å². The predicted molar refractivity (Wildman–Crippen MR) is 93.0 cm³/mol. The average Bonchev–Trinajstić information content (AvgIpc) is 2.48. The summed E-state index contributed by atoms with van der Waals surface area (Å²) in [5, 5.41) is 3.55. The van der Waals surface area contributed by atoms with E-state index < -0.39 is 0 Å². The van der Waals surface area contributed by atoms with Crippen molar-refractivity contribution in [3.05, 3.63) is 29.3 Å². The first-order valence-electron chi connectivity index (χ1n) is 8.68. The molecule has 118 valence electrons. The Bertz CT molecular complexity index is 439. The minimum absolute atomic E-state index is 0.711. The molecule has 0 bridgehead atoms. The van der Waals surface area contributed by atoms with Gasteiger partial charge in [0, 0.05) is 24.8 Å². The van der Waals surface area contributed by atoms with Crippen LogP contribution in [0, 0.1) is 12.8 Å². The number of nitrogens with one attached hydrogen (secondary N) is 1. The van der Waals surface area contributed by atoms with Gasteiger partial charge in [-0.25, -0.2) is 0 Å². The maximum Gasteiger partial charge on any atom is 0.0371 e. The molecule has 0 amide bonds. The van der Waals surface area contributed by atoms with Crippen LogP contribution in [0.4, 0.5) is 5.69 Å². The van der Waals surface area contributed by atoms with Gasteiger partial charge in [0.2, 0.25) is 0 Å². The van der Waals surface area contributed by atoms with Gasteiger partial charge in [-0.05, 0) is 68.3 Å². The van der Waals surface area contributed by atoms with Gasteiger partial charge in [-0.3, -0.25) is 0 Å². The Morgan fingerprint density at radius 3 is 2.76 bits per heavy atom. The molecule has 0 saturated carbocycles. The van der Waals surface area contributed by atoms with Crippen molar-refractivity contribution in [2.45, 2.75) is 66.0 Å². The van der Waals surface area contributed by atoms with Crippen molar-refractivity contribution in [1.29, 1.82) is 0 Å². The molecule has 0 aliphatic carbocycles. The molecule has 1 aromatic rings. The molecule has 0 radical (unpaired) electrons. The quantitative estimate of drug-likeness (QED) is 0.828. The maximum absolute atomic E-state index is 3.55. The van der Waals surface area contributed by atoms with E-state index in [0.717, 1.165) is 19.1 Å². The van der Waals surface area contributed by atoms with Crippen molar-refractivity contribution in [2.75, 3.05) is 18.0 Å². The third-order valence-electron chi connectivity index (χ3n) is 4.62. The van der Waals surface area contributed by atoms with Gasteiger partial charge < -0.3 is 10.2 Å². The average molecular weight is 288 g/mol. The molecule has 1 aromatic carbocycles. The number of aryl methyl sites for hydroxylation is 1. The van der Waals surface area contributed by atoms with Gasteiger partial charge in [0.25, 0.3) is 0 Å². The van der Waals surface area contributed by atoms with E-state index in [1.54, 1.807) is 0 Å². The summed E-state index contributed by atoms with van der Waals surface area (Å²) in [5.41, 5.74) is 4.28. The number of benzene rings is 1. The van der Waals surface area contributed by atoms with E-state index in [4.69, 9.17) is 0 Å². The van der Waals surface area contributed by atoms with Crippen molar-refractivity contribution in [2.24, 2.45) is 5.92 Å². The Kier molecular flexibility index (Phi) is 6.10. The van der Waals surface area contributed by atoms with Crippen molar-refractivity contribution in [3.8, 4) is 0 Å². The standard InChI is InChI=1S/C19H32N2/c1-5-18-8-6-7-11-21(18)19-10-9-17(16(4)12-19)14-20-13-15(2)3/h9-10,12,15,18,20H,5-8,11,13-14H2,1-4H3. The SMILES string of the molecule is CCC1CCCCN1c1ccc(CNCC(C)C)c(C)c1. The second-order valence-corrected chi connectivity index (χ2v) is 6.89. The fourth-order valence-electron chi connectivity index (χ4n) is 3.32. The summed E-state index contributed by atoms with van der Waals surface area (Å²) in [6, 6.07) is 7.77. The van der Waals surface area contributed by atoms with Gasteiger partial charge >= 0.3 is 0 Å². The van der Waals surface area contributed by atoms with Crippen LogP contribution < -0.4 is 10.2 Å². The van der Waals surface area contributed by atoms with Gasteiger partial charge in [-0.2, -0.15) is 0 Å². The lowest BCUT2D eigenvalue weighted by Crippen LogP contribution is -2.39. The lowest BCUT2D eigenvalue weighted by Gasteiger charge is -2.37. The largest absolute Gasteiger partial charge is 0.369 e. The van der Waals surface area contributed by atoms with Crippen LogP contribution in [0.1, 0.15) is 57.6 Å². The first-order chi connectivity index (χ1) is 10.1. The van der Waals surface area contributed by atoms with E-state index in [1.165, 1.54) is 49.0 Å². The van der Waals surface area contributed by atoms with Crippen molar-refractivity contribution < 1.29 is 0 Å². The second kappa shape index (κ2) is 7.84. The number of nitrogens with zero attached hydrogens (tertiary/aromatic N) is 1. The van der Waals surface area contributed by atoms with Gasteiger partial charge in [-0.1, -0.05) is 26.8 Å². The number of hydrogen-bond acceptors (Lipinski definition) is 2. The first kappa shape index (κ1) is 16.4. The normalized spacial score (nSPS) is 19.3. The van der Waals surface area contributed by atoms with Crippen LogP contribution in [0.2, 0.25) is 0 Å². The van der Waals surface area contributed by atoms with Gasteiger partial charge in [0.15, 0.2) is 0 Å². The predicted octanol–water partition coefficient (Wildman–Crippen LogP) is 4.51. The summed E-state index contributed by atoms with van der Waals surface area (Å²) in [4.78, 5) is 2.63. The van der Waals surface area contributed by atoms with Crippen LogP contribution in [0.25, 0.3) is 0 Å². The van der Waals surface area contributed by atoms with E-state index in [2.05, 4.69) is 56.1 Å². The molecule has 1 N–H and O–H groups in total. The highest BCUT2D eigenvalue weighted by Crippen LogP contribution is 2.28. The molecule has 1 aliphatic heterocycles. The van der Waals surface area contributed by atoms with Crippen molar-refractivity contribution in [1.82, 2.24) is 5.32 Å². The van der Waals surface area contributed by atoms with Crippen LogP contribution in [0.3, 0.4) is 0 Å². The summed E-state index contributed by atoms with van der Waals surface area (Å²) < 4.78 is 0. The number of piperidine rings is 1. The summed E-state index contributed by atoms with van der Waals surface area (Å²) >= 11 is 0. The highest BCUT2D eigenvalue weighted by Gasteiger charge is 2.21. The van der Waals surface area contributed by atoms with E-state index in [1.807, 2.05) is 0 Å². The molecule has 1 aliphatic rings. The van der Waals surface area contributed by atoms with Gasteiger partial charge in [-0.15, -0.1) is 0 Å². The Morgan fingerprint density at radius 1 is 1.29 bits per heavy atom. The maximum atomic E-state index is 3.55. The summed E-state index contributed by atoms with van der Waals surface area (Å²) in [5.74, 6) is 0.711. The zero-order valence-corrected chi connectivity index (χ0v) is 14.3. The molecule has 1 heterocycles. The minimum Gasteiger partial charge on any atom is -0.369 e. The highest BCUT2D eigenvalue weighted by atomic mass is 15.2. The molecule has 1 unspecified atom stereocenters. The number of anilines is 1. The van der Waals surface area contributed by atoms with Crippen molar-refractivity contribution >= 4 is 5.69 Å². The zero-order chi connectivity index (χ0) is 15.2. The summed E-state index contributed by atoms with van der Waals surface area (Å²) in [6.45, 7) is 12.4. The number of hydrogen-bond donors (Lipinski definition) is 1. The van der Waals surface area contributed by atoms with Crippen LogP contribution in [-0.4, -0.2) is 19.1 Å².